The van der Waals surface area contributed by atoms with E-state index >= 15 is 0 Å². The van der Waals surface area contributed by atoms with Crippen LogP contribution in [-0.4, -0.2) is 57.3 Å². The molecule has 2 amide bonds. The van der Waals surface area contributed by atoms with Gasteiger partial charge in [0.05, 0.1) is 38.3 Å². The van der Waals surface area contributed by atoms with E-state index in [1.54, 1.807) is 12.1 Å². The Kier molecular flexibility index (Phi) is 6.37. The summed E-state index contributed by atoms with van der Waals surface area (Å²) < 4.78 is 15.9. The lowest BCUT2D eigenvalue weighted by atomic mass is 9.93. The highest BCUT2D eigenvalue weighted by Gasteiger charge is 2.37. The lowest BCUT2D eigenvalue weighted by molar-refractivity contribution is -0.147. The van der Waals surface area contributed by atoms with Gasteiger partial charge in [-0.1, -0.05) is 0 Å². The number of carbonyl (C=O) groups is 3. The van der Waals surface area contributed by atoms with Crippen molar-refractivity contribution >= 4 is 23.5 Å². The second kappa shape index (κ2) is 8.37. The van der Waals surface area contributed by atoms with Crippen LogP contribution in [0.3, 0.4) is 0 Å². The molecule has 0 bridgehead atoms. The third-order valence-electron chi connectivity index (χ3n) is 4.74. The topological polar surface area (TPSA) is 114 Å². The number of carbonyl (C=O) groups excluding carboxylic acids is 2. The van der Waals surface area contributed by atoms with Crippen molar-refractivity contribution in [2.45, 2.75) is 20.3 Å². The molecular weight excluding hydrogens is 368 g/mol. The number of methoxy groups -OCH3 is 3. The van der Waals surface area contributed by atoms with Gasteiger partial charge in [-0.05, 0) is 13.8 Å². The van der Waals surface area contributed by atoms with Gasteiger partial charge in [0.2, 0.25) is 17.6 Å². The SMILES string of the molecule is COc1cc(N2CC(C(=O)NCC(C)(C)C(=O)O)CC2=O)cc(OC)c1OC. The smallest absolute Gasteiger partial charge is 0.310 e. The second-order valence-electron chi connectivity index (χ2n) is 7.20. The van der Waals surface area contributed by atoms with E-state index in [-0.39, 0.29) is 31.3 Å². The summed E-state index contributed by atoms with van der Waals surface area (Å²) in [5.41, 5.74) is -0.560. The predicted molar refractivity (Wildman–Crippen MR) is 101 cm³/mol. The molecule has 154 valence electrons. The van der Waals surface area contributed by atoms with Crippen LogP contribution in [0.4, 0.5) is 5.69 Å². The minimum Gasteiger partial charge on any atom is -0.493 e. The number of hydrogen-bond acceptors (Lipinski definition) is 6. The van der Waals surface area contributed by atoms with Crippen LogP contribution in [0, 0.1) is 11.3 Å². The summed E-state index contributed by atoms with van der Waals surface area (Å²) >= 11 is 0. The molecule has 9 nitrogen and oxygen atoms in total. The number of benzene rings is 1. The van der Waals surface area contributed by atoms with Crippen LogP contribution in [0.5, 0.6) is 17.2 Å². The fourth-order valence-electron chi connectivity index (χ4n) is 2.88. The number of amides is 2. The van der Waals surface area contributed by atoms with Gasteiger partial charge < -0.3 is 29.5 Å². The molecule has 1 aromatic rings. The molecule has 0 spiro atoms. The maximum Gasteiger partial charge on any atom is 0.310 e. The summed E-state index contributed by atoms with van der Waals surface area (Å²) in [4.78, 5) is 37.6. The van der Waals surface area contributed by atoms with E-state index in [1.807, 2.05) is 0 Å². The molecule has 1 aromatic carbocycles. The molecule has 1 fully saturated rings. The zero-order valence-corrected chi connectivity index (χ0v) is 16.7. The first-order valence-corrected chi connectivity index (χ1v) is 8.76. The van der Waals surface area contributed by atoms with E-state index in [2.05, 4.69) is 5.32 Å². The highest BCUT2D eigenvalue weighted by molar-refractivity contribution is 6.00. The standard InChI is InChI=1S/C19H26N2O7/c1-19(2,18(24)25)10-20-17(23)11-6-15(22)21(9-11)12-7-13(26-3)16(28-5)14(8-12)27-4/h7-8,11H,6,9-10H2,1-5H3,(H,20,23)(H,24,25). The Bertz CT molecular complexity index is 751. The van der Waals surface area contributed by atoms with E-state index in [4.69, 9.17) is 19.3 Å². The Morgan fingerprint density at radius 2 is 1.75 bits per heavy atom. The van der Waals surface area contributed by atoms with Crippen LogP contribution >= 0.6 is 0 Å². The van der Waals surface area contributed by atoms with E-state index in [9.17, 15) is 14.4 Å². The van der Waals surface area contributed by atoms with Crippen LogP contribution in [0.25, 0.3) is 0 Å². The molecule has 0 aromatic heterocycles. The van der Waals surface area contributed by atoms with Crippen LogP contribution < -0.4 is 24.4 Å². The highest BCUT2D eigenvalue weighted by Crippen LogP contribution is 2.42. The fraction of sp³-hybridized carbons (Fsp3) is 0.526. The normalized spacial score (nSPS) is 16.7. The van der Waals surface area contributed by atoms with Crippen molar-refractivity contribution in [3.63, 3.8) is 0 Å². The number of carboxylic acid groups (broad SMARTS) is 1. The fourth-order valence-corrected chi connectivity index (χ4v) is 2.88. The van der Waals surface area contributed by atoms with Crippen LogP contribution in [0.15, 0.2) is 12.1 Å². The highest BCUT2D eigenvalue weighted by atomic mass is 16.5. The number of hydrogen-bond donors (Lipinski definition) is 2. The summed E-state index contributed by atoms with van der Waals surface area (Å²) in [6.07, 6.45) is 0.0377. The summed E-state index contributed by atoms with van der Waals surface area (Å²) in [6, 6.07) is 3.29. The molecule has 1 saturated heterocycles. The molecule has 2 rings (SSSR count). The number of nitrogens with one attached hydrogen (secondary N) is 1. The largest absolute Gasteiger partial charge is 0.493 e. The molecule has 9 heteroatoms. The van der Waals surface area contributed by atoms with Crippen molar-refractivity contribution in [1.29, 1.82) is 0 Å². The Balaban J connectivity index is 2.16. The minimum absolute atomic E-state index is 0.0178. The lowest BCUT2D eigenvalue weighted by Crippen LogP contribution is -2.41. The number of anilines is 1. The van der Waals surface area contributed by atoms with Crippen molar-refractivity contribution in [1.82, 2.24) is 5.32 Å². The zero-order valence-electron chi connectivity index (χ0n) is 16.7. The number of ether oxygens (including phenoxy) is 3. The summed E-state index contributed by atoms with van der Waals surface area (Å²) in [5, 5.41) is 11.8. The average molecular weight is 394 g/mol. The molecule has 28 heavy (non-hydrogen) atoms. The number of aliphatic carboxylic acids is 1. The van der Waals surface area contributed by atoms with E-state index in [0.717, 1.165) is 0 Å². The molecule has 1 atom stereocenters. The van der Waals surface area contributed by atoms with E-state index < -0.39 is 17.3 Å². The van der Waals surface area contributed by atoms with E-state index in [1.165, 1.54) is 40.1 Å². The molecular formula is C19H26N2O7. The van der Waals surface area contributed by atoms with Gasteiger partial charge in [-0.3, -0.25) is 14.4 Å². The van der Waals surface area contributed by atoms with Crippen LogP contribution in [-0.2, 0) is 14.4 Å². The van der Waals surface area contributed by atoms with Gasteiger partial charge in [0.25, 0.3) is 0 Å². The maximum atomic E-state index is 12.5. The van der Waals surface area contributed by atoms with Crippen LogP contribution in [0.1, 0.15) is 20.3 Å². The number of carboxylic acids is 1. The number of rotatable bonds is 8. The van der Waals surface area contributed by atoms with Crippen molar-refractivity contribution in [2.75, 3.05) is 39.3 Å². The van der Waals surface area contributed by atoms with Crippen molar-refractivity contribution in [3.8, 4) is 17.2 Å². The van der Waals surface area contributed by atoms with Gasteiger partial charge in [0.15, 0.2) is 11.5 Å². The summed E-state index contributed by atoms with van der Waals surface area (Å²) in [7, 11) is 4.45. The average Bonchev–Trinajstić information content (AvgIpc) is 3.06. The van der Waals surface area contributed by atoms with Crippen molar-refractivity contribution in [3.05, 3.63) is 12.1 Å². The second-order valence-corrected chi connectivity index (χ2v) is 7.20. The molecule has 2 N–H and O–H groups in total. The summed E-state index contributed by atoms with van der Waals surface area (Å²) in [5.74, 6) is -0.929. The zero-order chi connectivity index (χ0) is 21.1. The van der Waals surface area contributed by atoms with Crippen molar-refractivity contribution < 1.29 is 33.7 Å². The third kappa shape index (κ3) is 4.29. The van der Waals surface area contributed by atoms with Crippen molar-refractivity contribution in [2.24, 2.45) is 11.3 Å². The minimum atomic E-state index is -1.09. The molecule has 1 aliphatic heterocycles. The molecule has 0 aliphatic carbocycles. The van der Waals surface area contributed by atoms with Gasteiger partial charge in [0, 0.05) is 31.6 Å². The Morgan fingerprint density at radius 1 is 1.18 bits per heavy atom. The van der Waals surface area contributed by atoms with Gasteiger partial charge in [-0.2, -0.15) is 0 Å². The van der Waals surface area contributed by atoms with Gasteiger partial charge in [0.1, 0.15) is 0 Å². The summed E-state index contributed by atoms with van der Waals surface area (Å²) in [6.45, 7) is 3.21. The molecule has 1 aliphatic rings. The Morgan fingerprint density at radius 3 is 2.21 bits per heavy atom. The lowest BCUT2D eigenvalue weighted by Gasteiger charge is -2.22. The third-order valence-corrected chi connectivity index (χ3v) is 4.74. The first kappa shape index (κ1) is 21.3. The molecule has 0 saturated carbocycles. The Labute approximate surface area is 163 Å². The monoisotopic (exact) mass is 394 g/mol. The van der Waals surface area contributed by atoms with Gasteiger partial charge in [-0.15, -0.1) is 0 Å². The van der Waals surface area contributed by atoms with E-state index in [0.29, 0.717) is 22.9 Å². The van der Waals surface area contributed by atoms with Gasteiger partial charge in [-0.25, -0.2) is 0 Å². The molecule has 0 radical (unpaired) electrons. The Hall–Kier alpha value is -2.97. The molecule has 1 unspecified atom stereocenters. The maximum absolute atomic E-state index is 12.5. The van der Waals surface area contributed by atoms with Crippen LogP contribution in [0.2, 0.25) is 0 Å². The van der Waals surface area contributed by atoms with Gasteiger partial charge >= 0.3 is 5.97 Å². The first-order valence-electron chi connectivity index (χ1n) is 8.76. The number of nitrogens with zero attached hydrogens (tertiary/aromatic N) is 1. The molecule has 1 heterocycles. The first-order chi connectivity index (χ1) is 13.1. The predicted octanol–water partition coefficient (Wildman–Crippen LogP) is 1.29. The quantitative estimate of drug-likeness (QED) is 0.683.